The smallest absolute Gasteiger partial charge is 0.382 e. The summed E-state index contributed by atoms with van der Waals surface area (Å²) in [5, 5.41) is 9.99. The number of aromatic nitrogens is 1. The molecule has 0 amide bonds. The quantitative estimate of drug-likeness (QED) is 0.502. The van der Waals surface area contributed by atoms with Crippen molar-refractivity contribution in [3.05, 3.63) is 16.1 Å². The lowest BCUT2D eigenvalue weighted by Crippen LogP contribution is -1.87. The Morgan fingerprint density at radius 1 is 1.75 bits per heavy atom. The van der Waals surface area contributed by atoms with Gasteiger partial charge in [-0.2, -0.15) is 0 Å². The molecule has 0 aromatic carbocycles. The standard InChI is InChI=1S/C7H3NO3S/c9-3-6-8-5(4-12-6)1-2-7(10)11/h3-4H,(H,10,11). The highest BCUT2D eigenvalue weighted by Crippen LogP contribution is 2.05. The molecule has 60 valence electrons. The van der Waals surface area contributed by atoms with Crippen LogP contribution in [0.4, 0.5) is 0 Å². The SMILES string of the molecule is O=Cc1nc(C#CC(=O)O)cs1. The van der Waals surface area contributed by atoms with E-state index in [1.165, 1.54) is 5.38 Å². The molecule has 0 saturated heterocycles. The van der Waals surface area contributed by atoms with Crippen LogP contribution in [0.2, 0.25) is 0 Å². The van der Waals surface area contributed by atoms with Crippen LogP contribution in [0.1, 0.15) is 15.5 Å². The van der Waals surface area contributed by atoms with Crippen LogP contribution in [0.5, 0.6) is 0 Å². The summed E-state index contributed by atoms with van der Waals surface area (Å²) in [6.45, 7) is 0. The minimum absolute atomic E-state index is 0.296. The number of carbonyl (C=O) groups is 2. The zero-order chi connectivity index (χ0) is 8.97. The van der Waals surface area contributed by atoms with E-state index in [1.54, 1.807) is 0 Å². The summed E-state index contributed by atoms with van der Waals surface area (Å²) in [5.74, 6) is 2.97. The fraction of sp³-hybridized carbons (Fsp3) is 0. The predicted molar refractivity (Wildman–Crippen MR) is 42.0 cm³/mol. The molecular formula is C7H3NO3S. The van der Waals surface area contributed by atoms with E-state index < -0.39 is 5.97 Å². The Labute approximate surface area is 71.9 Å². The predicted octanol–water partition coefficient (Wildman–Crippen LogP) is 0.392. The number of hydrogen-bond acceptors (Lipinski definition) is 4. The van der Waals surface area contributed by atoms with Crippen LogP contribution in [0.3, 0.4) is 0 Å². The first-order valence-electron chi connectivity index (χ1n) is 2.88. The van der Waals surface area contributed by atoms with Crippen LogP contribution in [0, 0.1) is 11.8 Å². The molecule has 0 bridgehead atoms. The zero-order valence-electron chi connectivity index (χ0n) is 5.77. The van der Waals surface area contributed by atoms with Crippen molar-refractivity contribution in [2.24, 2.45) is 0 Å². The molecule has 0 aliphatic carbocycles. The second-order valence-electron chi connectivity index (χ2n) is 1.74. The number of nitrogens with zero attached hydrogens (tertiary/aromatic N) is 1. The second kappa shape index (κ2) is 3.64. The van der Waals surface area contributed by atoms with Crippen molar-refractivity contribution in [1.82, 2.24) is 4.98 Å². The Morgan fingerprint density at radius 2 is 2.50 bits per heavy atom. The fourth-order valence-electron chi connectivity index (χ4n) is 0.517. The number of carboxylic acids is 1. The van der Waals surface area contributed by atoms with E-state index in [-0.39, 0.29) is 0 Å². The van der Waals surface area contributed by atoms with E-state index in [2.05, 4.69) is 10.9 Å². The summed E-state index contributed by atoms with van der Waals surface area (Å²) in [6.07, 6.45) is 0.594. The molecule has 5 heteroatoms. The lowest BCUT2D eigenvalue weighted by atomic mass is 10.5. The average Bonchev–Trinajstić information content (AvgIpc) is 2.48. The Kier molecular flexibility index (Phi) is 2.56. The summed E-state index contributed by atoms with van der Waals surface area (Å²) in [6, 6.07) is 0. The molecule has 0 aliphatic heterocycles. The van der Waals surface area contributed by atoms with E-state index in [4.69, 9.17) is 5.11 Å². The highest BCUT2D eigenvalue weighted by atomic mass is 32.1. The van der Waals surface area contributed by atoms with Gasteiger partial charge in [-0.15, -0.1) is 11.3 Å². The summed E-state index contributed by atoms with van der Waals surface area (Å²) in [7, 11) is 0. The number of aldehydes is 1. The molecule has 4 nitrogen and oxygen atoms in total. The first kappa shape index (κ1) is 8.43. The van der Waals surface area contributed by atoms with Crippen molar-refractivity contribution in [2.75, 3.05) is 0 Å². The summed E-state index contributed by atoms with van der Waals surface area (Å²) in [4.78, 5) is 23.8. The van der Waals surface area contributed by atoms with Crippen LogP contribution < -0.4 is 0 Å². The fourth-order valence-corrected chi connectivity index (χ4v) is 1.07. The molecule has 12 heavy (non-hydrogen) atoms. The molecule has 0 atom stereocenters. The monoisotopic (exact) mass is 181 g/mol. The second-order valence-corrected chi connectivity index (χ2v) is 2.63. The van der Waals surface area contributed by atoms with Gasteiger partial charge in [0.1, 0.15) is 5.69 Å². The average molecular weight is 181 g/mol. The van der Waals surface area contributed by atoms with Gasteiger partial charge in [-0.1, -0.05) is 0 Å². The van der Waals surface area contributed by atoms with Gasteiger partial charge in [0.25, 0.3) is 0 Å². The van der Waals surface area contributed by atoms with Crippen molar-refractivity contribution in [2.45, 2.75) is 0 Å². The van der Waals surface area contributed by atoms with Gasteiger partial charge in [0, 0.05) is 11.3 Å². The van der Waals surface area contributed by atoms with Gasteiger partial charge in [-0.05, 0) is 5.92 Å². The van der Waals surface area contributed by atoms with Crippen LogP contribution in [0.15, 0.2) is 5.38 Å². The third-order valence-electron chi connectivity index (χ3n) is 0.920. The van der Waals surface area contributed by atoms with Crippen LogP contribution in [-0.2, 0) is 4.79 Å². The number of carboxylic acid groups (broad SMARTS) is 1. The van der Waals surface area contributed by atoms with E-state index in [1.807, 2.05) is 5.92 Å². The van der Waals surface area contributed by atoms with Crippen molar-refractivity contribution in [3.63, 3.8) is 0 Å². The molecule has 1 N–H and O–H groups in total. The summed E-state index contributed by atoms with van der Waals surface area (Å²) < 4.78 is 0. The largest absolute Gasteiger partial charge is 0.472 e. The van der Waals surface area contributed by atoms with Gasteiger partial charge in [-0.25, -0.2) is 9.78 Å². The van der Waals surface area contributed by atoms with Gasteiger partial charge in [0.2, 0.25) is 0 Å². The van der Waals surface area contributed by atoms with Crippen molar-refractivity contribution >= 4 is 23.6 Å². The zero-order valence-corrected chi connectivity index (χ0v) is 6.59. The van der Waals surface area contributed by atoms with Gasteiger partial charge < -0.3 is 5.11 Å². The molecule has 0 aliphatic rings. The molecule has 1 aromatic heterocycles. The molecule has 0 spiro atoms. The lowest BCUT2D eigenvalue weighted by molar-refractivity contribution is -0.130. The maximum Gasteiger partial charge on any atom is 0.382 e. The third-order valence-corrected chi connectivity index (χ3v) is 1.69. The molecule has 0 unspecified atom stereocenters. The van der Waals surface area contributed by atoms with E-state index in [0.29, 0.717) is 17.0 Å². The van der Waals surface area contributed by atoms with Gasteiger partial charge in [0.15, 0.2) is 11.3 Å². The number of rotatable bonds is 1. The number of thiazole rings is 1. The maximum atomic E-state index is 10.1. The summed E-state index contributed by atoms with van der Waals surface area (Å²) in [5.41, 5.74) is 0.310. The number of aliphatic carboxylic acids is 1. The number of carbonyl (C=O) groups excluding carboxylic acids is 1. The topological polar surface area (TPSA) is 67.3 Å². The Balaban J connectivity index is 2.85. The normalized spacial score (nSPS) is 8.33. The Morgan fingerprint density at radius 3 is 3.00 bits per heavy atom. The maximum absolute atomic E-state index is 10.1. The highest BCUT2D eigenvalue weighted by molar-refractivity contribution is 7.11. The van der Waals surface area contributed by atoms with Crippen LogP contribution in [0.25, 0.3) is 0 Å². The Hall–Kier alpha value is -1.67. The first-order valence-corrected chi connectivity index (χ1v) is 3.76. The third kappa shape index (κ3) is 2.18. The molecule has 0 radical (unpaired) electrons. The lowest BCUT2D eigenvalue weighted by Gasteiger charge is -1.74. The van der Waals surface area contributed by atoms with Crippen molar-refractivity contribution < 1.29 is 14.7 Å². The molecule has 0 saturated carbocycles. The molecule has 1 aromatic rings. The molecule has 1 heterocycles. The molecule has 0 fully saturated rings. The van der Waals surface area contributed by atoms with Crippen LogP contribution in [-0.4, -0.2) is 22.3 Å². The molecule has 1 rings (SSSR count). The van der Waals surface area contributed by atoms with Gasteiger partial charge in [0.05, 0.1) is 0 Å². The van der Waals surface area contributed by atoms with E-state index >= 15 is 0 Å². The van der Waals surface area contributed by atoms with E-state index in [0.717, 1.165) is 11.3 Å². The van der Waals surface area contributed by atoms with Crippen molar-refractivity contribution in [3.8, 4) is 11.8 Å². The number of hydrogen-bond donors (Lipinski definition) is 1. The van der Waals surface area contributed by atoms with Crippen LogP contribution >= 0.6 is 11.3 Å². The highest BCUT2D eigenvalue weighted by Gasteiger charge is 1.96. The van der Waals surface area contributed by atoms with Gasteiger partial charge >= 0.3 is 5.97 Å². The molecular weight excluding hydrogens is 178 g/mol. The Bertz CT molecular complexity index is 371. The van der Waals surface area contributed by atoms with Crippen molar-refractivity contribution in [1.29, 1.82) is 0 Å². The van der Waals surface area contributed by atoms with Gasteiger partial charge in [-0.3, -0.25) is 4.79 Å². The minimum atomic E-state index is -1.21. The summed E-state index contributed by atoms with van der Waals surface area (Å²) >= 11 is 1.13. The first-order chi connectivity index (χ1) is 5.72. The minimum Gasteiger partial charge on any atom is -0.472 e. The van der Waals surface area contributed by atoms with E-state index in [9.17, 15) is 9.59 Å².